The highest BCUT2D eigenvalue weighted by atomic mass is 16.4. The van der Waals surface area contributed by atoms with Gasteiger partial charge in [-0.25, -0.2) is 9.67 Å². The summed E-state index contributed by atoms with van der Waals surface area (Å²) >= 11 is 0. The lowest BCUT2D eigenvalue weighted by molar-refractivity contribution is -0.142. The van der Waals surface area contributed by atoms with Gasteiger partial charge in [0.25, 0.3) is 5.91 Å². The molecule has 7 nitrogen and oxygen atoms in total. The fraction of sp³-hybridized carbons (Fsp3) is 0.444. The van der Waals surface area contributed by atoms with Crippen LogP contribution in [0.25, 0.3) is 5.69 Å². The van der Waals surface area contributed by atoms with E-state index in [4.69, 9.17) is 0 Å². The number of carboxylic acid groups (broad SMARTS) is 1. The summed E-state index contributed by atoms with van der Waals surface area (Å²) < 4.78 is 1.64. The molecular weight excluding hydrogens is 320 g/mol. The third-order valence-electron chi connectivity index (χ3n) is 5.32. The Labute approximate surface area is 145 Å². The number of aliphatic carboxylic acids is 1. The Bertz CT molecular complexity index is 814. The average molecular weight is 340 g/mol. The van der Waals surface area contributed by atoms with Crippen molar-refractivity contribution in [2.75, 3.05) is 13.1 Å². The molecule has 130 valence electrons. The van der Waals surface area contributed by atoms with E-state index >= 15 is 0 Å². The Morgan fingerprint density at radius 3 is 2.64 bits per heavy atom. The molecule has 1 aliphatic carbocycles. The molecule has 25 heavy (non-hydrogen) atoms. The molecule has 2 aliphatic rings. The van der Waals surface area contributed by atoms with Crippen LogP contribution in [-0.4, -0.2) is 49.7 Å². The van der Waals surface area contributed by atoms with Crippen LogP contribution in [0.2, 0.25) is 0 Å². The maximum atomic E-state index is 12.9. The second-order valence-electron chi connectivity index (χ2n) is 7.00. The van der Waals surface area contributed by atoms with Gasteiger partial charge in [0.05, 0.1) is 11.6 Å². The van der Waals surface area contributed by atoms with Crippen LogP contribution >= 0.6 is 0 Å². The molecule has 2 fully saturated rings. The molecule has 1 aromatic heterocycles. The van der Waals surface area contributed by atoms with Gasteiger partial charge in [-0.2, -0.15) is 5.10 Å². The number of hydrogen-bond donors (Lipinski definition) is 1. The smallest absolute Gasteiger partial charge is 0.308 e. The highest BCUT2D eigenvalue weighted by Crippen LogP contribution is 2.44. The van der Waals surface area contributed by atoms with Gasteiger partial charge in [-0.05, 0) is 55.4 Å². The molecule has 2 heterocycles. The Kier molecular flexibility index (Phi) is 3.78. The van der Waals surface area contributed by atoms with E-state index < -0.39 is 11.9 Å². The molecule has 7 heteroatoms. The van der Waals surface area contributed by atoms with E-state index in [1.54, 1.807) is 22.0 Å². The fourth-order valence-electron chi connectivity index (χ4n) is 3.80. The molecule has 1 N–H and O–H groups in total. The fourth-order valence-corrected chi connectivity index (χ4v) is 3.80. The van der Waals surface area contributed by atoms with Gasteiger partial charge in [-0.3, -0.25) is 9.59 Å². The zero-order valence-corrected chi connectivity index (χ0v) is 14.0. The predicted octanol–water partition coefficient (Wildman–Crippen LogP) is 1.76. The second-order valence-corrected chi connectivity index (χ2v) is 7.00. The number of nitrogens with zero attached hydrogens (tertiary/aromatic N) is 4. The number of carbonyl (C=O) groups is 2. The summed E-state index contributed by atoms with van der Waals surface area (Å²) in [7, 11) is 0. The molecule has 1 aliphatic heterocycles. The number of benzene rings is 1. The maximum absolute atomic E-state index is 12.9. The number of rotatable bonds is 4. The summed E-state index contributed by atoms with van der Waals surface area (Å²) in [6, 6.07) is 5.51. The van der Waals surface area contributed by atoms with Gasteiger partial charge in [0, 0.05) is 18.7 Å². The molecule has 2 aromatic rings. The molecule has 1 amide bonds. The first-order chi connectivity index (χ1) is 12.0. The lowest BCUT2D eigenvalue weighted by Crippen LogP contribution is -2.30. The average Bonchev–Trinajstić information content (AvgIpc) is 3.12. The van der Waals surface area contributed by atoms with Crippen LogP contribution in [0, 0.1) is 24.7 Å². The van der Waals surface area contributed by atoms with Gasteiger partial charge in [-0.15, -0.1) is 0 Å². The van der Waals surface area contributed by atoms with Crippen LogP contribution in [0.3, 0.4) is 0 Å². The van der Waals surface area contributed by atoms with Crippen molar-refractivity contribution in [3.05, 3.63) is 42.0 Å². The number of aryl methyl sites for hydroxylation is 1. The summed E-state index contributed by atoms with van der Waals surface area (Å²) in [6.45, 7) is 2.74. The zero-order valence-electron chi connectivity index (χ0n) is 14.0. The first kappa shape index (κ1) is 15.8. The van der Waals surface area contributed by atoms with Gasteiger partial charge in [-0.1, -0.05) is 0 Å². The number of hydrogen-bond acceptors (Lipinski definition) is 4. The van der Waals surface area contributed by atoms with E-state index in [0.29, 0.717) is 24.6 Å². The predicted molar refractivity (Wildman–Crippen MR) is 89.3 cm³/mol. The maximum Gasteiger partial charge on any atom is 0.308 e. The molecule has 2 atom stereocenters. The normalized spacial score (nSPS) is 23.0. The van der Waals surface area contributed by atoms with Gasteiger partial charge < -0.3 is 10.0 Å². The Balaban J connectivity index is 1.56. The van der Waals surface area contributed by atoms with Crippen LogP contribution in [0.15, 0.2) is 30.9 Å². The molecule has 0 bridgehead atoms. The van der Waals surface area contributed by atoms with Crippen LogP contribution in [-0.2, 0) is 4.79 Å². The van der Waals surface area contributed by atoms with Crippen molar-refractivity contribution in [2.24, 2.45) is 17.8 Å². The van der Waals surface area contributed by atoms with Crippen molar-refractivity contribution < 1.29 is 14.7 Å². The van der Waals surface area contributed by atoms with Crippen LogP contribution in [0.1, 0.15) is 28.8 Å². The van der Waals surface area contributed by atoms with Crippen molar-refractivity contribution in [3.8, 4) is 5.69 Å². The van der Waals surface area contributed by atoms with E-state index in [-0.39, 0.29) is 11.8 Å². The van der Waals surface area contributed by atoms with Gasteiger partial charge in [0.2, 0.25) is 0 Å². The first-order valence-electron chi connectivity index (χ1n) is 8.52. The third kappa shape index (κ3) is 2.90. The van der Waals surface area contributed by atoms with Crippen molar-refractivity contribution in [3.63, 3.8) is 0 Å². The standard InChI is InChI=1S/C18H20N4O3/c1-11-6-13(22-10-19-9-20-22)4-5-14(11)17(23)21-7-15(12-2-3-12)16(8-21)18(24)25/h4-6,9-10,12,15-16H,2-3,7-8H2,1H3,(H,24,25)/t15-,16+/m1/s1. The SMILES string of the molecule is Cc1cc(-n2cncn2)ccc1C(=O)N1C[C@H](C(=O)O)[C@@H](C2CC2)C1. The van der Waals surface area contributed by atoms with Crippen molar-refractivity contribution in [1.29, 1.82) is 0 Å². The molecule has 4 rings (SSSR count). The van der Waals surface area contributed by atoms with E-state index in [0.717, 1.165) is 24.1 Å². The number of likely N-dealkylation sites (tertiary alicyclic amines) is 1. The third-order valence-corrected chi connectivity index (χ3v) is 5.32. The van der Waals surface area contributed by atoms with E-state index in [1.807, 2.05) is 19.1 Å². The molecule has 1 aromatic carbocycles. The van der Waals surface area contributed by atoms with E-state index in [1.165, 1.54) is 6.33 Å². The lowest BCUT2D eigenvalue weighted by atomic mass is 9.92. The molecular formula is C18H20N4O3. The quantitative estimate of drug-likeness (QED) is 0.916. The van der Waals surface area contributed by atoms with Crippen molar-refractivity contribution in [2.45, 2.75) is 19.8 Å². The Hall–Kier alpha value is -2.70. The summed E-state index contributed by atoms with van der Waals surface area (Å²) in [6.07, 6.45) is 5.24. The van der Waals surface area contributed by atoms with Gasteiger partial charge in [0.1, 0.15) is 12.7 Å². The zero-order chi connectivity index (χ0) is 17.6. The second kappa shape index (κ2) is 5.98. The Morgan fingerprint density at radius 2 is 2.04 bits per heavy atom. The molecule has 1 saturated heterocycles. The first-order valence-corrected chi connectivity index (χ1v) is 8.52. The summed E-state index contributed by atoms with van der Waals surface area (Å²) in [5.74, 6) is -0.750. The summed E-state index contributed by atoms with van der Waals surface area (Å²) in [4.78, 5) is 30.1. The van der Waals surface area contributed by atoms with Crippen LogP contribution in [0.4, 0.5) is 0 Å². The number of carboxylic acids is 1. The highest BCUT2D eigenvalue weighted by molar-refractivity contribution is 5.96. The van der Waals surface area contributed by atoms with Crippen LogP contribution in [0.5, 0.6) is 0 Å². The van der Waals surface area contributed by atoms with Crippen LogP contribution < -0.4 is 0 Å². The van der Waals surface area contributed by atoms with E-state index in [9.17, 15) is 14.7 Å². The number of aromatic nitrogens is 3. The van der Waals surface area contributed by atoms with Gasteiger partial charge >= 0.3 is 5.97 Å². The molecule has 1 saturated carbocycles. The van der Waals surface area contributed by atoms with Crippen molar-refractivity contribution >= 4 is 11.9 Å². The molecule has 0 radical (unpaired) electrons. The molecule has 0 unspecified atom stereocenters. The Morgan fingerprint density at radius 1 is 1.24 bits per heavy atom. The molecule has 0 spiro atoms. The minimum atomic E-state index is -0.787. The largest absolute Gasteiger partial charge is 0.481 e. The lowest BCUT2D eigenvalue weighted by Gasteiger charge is -2.18. The summed E-state index contributed by atoms with van der Waals surface area (Å²) in [5, 5.41) is 13.6. The number of amides is 1. The number of carbonyl (C=O) groups excluding carboxylic acids is 1. The minimum Gasteiger partial charge on any atom is -0.481 e. The van der Waals surface area contributed by atoms with Gasteiger partial charge in [0.15, 0.2) is 0 Å². The minimum absolute atomic E-state index is 0.0861. The van der Waals surface area contributed by atoms with Crippen molar-refractivity contribution in [1.82, 2.24) is 19.7 Å². The summed E-state index contributed by atoms with van der Waals surface area (Å²) in [5.41, 5.74) is 2.30. The van der Waals surface area contributed by atoms with E-state index in [2.05, 4.69) is 10.1 Å². The monoisotopic (exact) mass is 340 g/mol. The topological polar surface area (TPSA) is 88.3 Å². The highest BCUT2D eigenvalue weighted by Gasteiger charge is 2.47.